The molecule has 0 N–H and O–H groups in total. The molecule has 2 aromatic carbocycles. The summed E-state index contributed by atoms with van der Waals surface area (Å²) in [7, 11) is 1.84. The quantitative estimate of drug-likeness (QED) is 0.523. The molecule has 0 amide bonds. The van der Waals surface area contributed by atoms with Crippen LogP contribution in [0.5, 0.6) is 5.75 Å². The zero-order chi connectivity index (χ0) is 17.8. The first-order chi connectivity index (χ1) is 12.1. The Morgan fingerprint density at radius 3 is 2.56 bits per heavy atom. The number of aromatic nitrogens is 3. The van der Waals surface area contributed by atoms with Crippen LogP contribution in [0.15, 0.2) is 42.5 Å². The number of hydrogen-bond acceptors (Lipinski definition) is 3. The van der Waals surface area contributed by atoms with E-state index in [0.29, 0.717) is 28.3 Å². The van der Waals surface area contributed by atoms with Crippen LogP contribution in [0.4, 0.5) is 0 Å². The number of hydrogen-bond donors (Lipinski definition) is 0. The fourth-order valence-electron chi connectivity index (χ4n) is 2.48. The van der Waals surface area contributed by atoms with Crippen LogP contribution in [0.25, 0.3) is 22.8 Å². The second kappa shape index (κ2) is 7.89. The highest BCUT2D eigenvalue weighted by Gasteiger charge is 2.16. The number of ether oxygens (including phenoxy) is 1. The normalized spacial score (nSPS) is 10.9. The molecule has 0 radical (unpaired) electrons. The highest BCUT2D eigenvalue weighted by molar-refractivity contribution is 6.33. The maximum absolute atomic E-state index is 6.45. The van der Waals surface area contributed by atoms with E-state index >= 15 is 0 Å². The van der Waals surface area contributed by atoms with E-state index in [9.17, 15) is 0 Å². The zero-order valence-corrected chi connectivity index (χ0v) is 15.7. The van der Waals surface area contributed by atoms with Gasteiger partial charge in [-0.05, 0) is 36.8 Å². The Hall–Kier alpha value is -2.04. The van der Waals surface area contributed by atoms with Crippen molar-refractivity contribution in [2.24, 2.45) is 7.05 Å². The Kier molecular flexibility index (Phi) is 5.61. The van der Waals surface area contributed by atoms with Crippen molar-refractivity contribution in [1.29, 1.82) is 0 Å². The van der Waals surface area contributed by atoms with Crippen molar-refractivity contribution in [3.63, 3.8) is 0 Å². The Bertz CT molecular complexity index is 877. The number of rotatable bonds is 6. The van der Waals surface area contributed by atoms with Crippen molar-refractivity contribution >= 4 is 23.2 Å². The molecule has 0 aliphatic heterocycles. The second-order valence-corrected chi connectivity index (χ2v) is 6.52. The van der Waals surface area contributed by atoms with Gasteiger partial charge in [0.1, 0.15) is 5.75 Å². The maximum Gasteiger partial charge on any atom is 0.183 e. The largest absolute Gasteiger partial charge is 0.494 e. The van der Waals surface area contributed by atoms with Gasteiger partial charge in [0.15, 0.2) is 11.6 Å². The van der Waals surface area contributed by atoms with E-state index in [1.165, 1.54) is 0 Å². The van der Waals surface area contributed by atoms with E-state index in [1.54, 1.807) is 4.68 Å². The van der Waals surface area contributed by atoms with E-state index in [1.807, 2.05) is 49.5 Å². The fraction of sp³-hybridized carbons (Fsp3) is 0.263. The summed E-state index contributed by atoms with van der Waals surface area (Å²) in [6, 6.07) is 13.1. The molecule has 25 heavy (non-hydrogen) atoms. The van der Waals surface area contributed by atoms with Crippen molar-refractivity contribution < 1.29 is 4.74 Å². The SMILES string of the molecule is CCCCOc1ccc(-c2nc(-c3ccccc3Cl)nn2C)c(Cl)c1. The first-order valence-electron chi connectivity index (χ1n) is 8.18. The topological polar surface area (TPSA) is 39.9 Å². The molecule has 0 spiro atoms. The average Bonchev–Trinajstić information content (AvgIpc) is 2.97. The smallest absolute Gasteiger partial charge is 0.183 e. The number of aryl methyl sites for hydroxylation is 1. The summed E-state index contributed by atoms with van der Waals surface area (Å²) in [6.07, 6.45) is 2.11. The van der Waals surface area contributed by atoms with E-state index < -0.39 is 0 Å². The van der Waals surface area contributed by atoms with Crippen molar-refractivity contribution in [3.05, 3.63) is 52.5 Å². The van der Waals surface area contributed by atoms with Crippen LogP contribution >= 0.6 is 23.2 Å². The number of benzene rings is 2. The lowest BCUT2D eigenvalue weighted by molar-refractivity contribution is 0.309. The average molecular weight is 376 g/mol. The summed E-state index contributed by atoms with van der Waals surface area (Å²) in [6.45, 7) is 2.82. The molecule has 130 valence electrons. The van der Waals surface area contributed by atoms with Crippen LogP contribution in [-0.2, 0) is 7.05 Å². The van der Waals surface area contributed by atoms with Gasteiger partial charge in [-0.25, -0.2) is 9.67 Å². The second-order valence-electron chi connectivity index (χ2n) is 5.71. The van der Waals surface area contributed by atoms with Crippen LogP contribution < -0.4 is 4.74 Å². The van der Waals surface area contributed by atoms with E-state index in [4.69, 9.17) is 27.9 Å². The molecular weight excluding hydrogens is 357 g/mol. The minimum Gasteiger partial charge on any atom is -0.494 e. The van der Waals surface area contributed by atoms with Crippen LogP contribution in [0.2, 0.25) is 10.0 Å². The first-order valence-corrected chi connectivity index (χ1v) is 8.94. The molecule has 0 bridgehead atoms. The molecule has 0 aliphatic rings. The zero-order valence-electron chi connectivity index (χ0n) is 14.2. The summed E-state index contributed by atoms with van der Waals surface area (Å²) >= 11 is 12.7. The van der Waals surface area contributed by atoms with E-state index in [2.05, 4.69) is 17.0 Å². The predicted molar refractivity (Wildman–Crippen MR) is 102 cm³/mol. The lowest BCUT2D eigenvalue weighted by Crippen LogP contribution is -1.98. The standard InChI is InChI=1S/C19H19Cl2N3O/c1-3-4-11-25-13-9-10-15(17(21)12-13)19-22-18(23-24(19)2)14-7-5-6-8-16(14)20/h5-10,12H,3-4,11H2,1-2H3. The third kappa shape index (κ3) is 3.97. The number of halogens is 2. The molecular formula is C19H19Cl2N3O. The summed E-state index contributed by atoms with van der Waals surface area (Å²) in [5.74, 6) is 2.01. The summed E-state index contributed by atoms with van der Waals surface area (Å²) in [4.78, 5) is 4.62. The highest BCUT2D eigenvalue weighted by atomic mass is 35.5. The van der Waals surface area contributed by atoms with Crippen LogP contribution in [0.1, 0.15) is 19.8 Å². The van der Waals surface area contributed by atoms with Gasteiger partial charge in [0.2, 0.25) is 0 Å². The molecule has 0 unspecified atom stereocenters. The van der Waals surface area contributed by atoms with E-state index in [0.717, 1.165) is 29.7 Å². The predicted octanol–water partition coefficient (Wildman–Crippen LogP) is 5.63. The van der Waals surface area contributed by atoms with Gasteiger partial charge in [-0.3, -0.25) is 0 Å². The van der Waals surface area contributed by atoms with Gasteiger partial charge < -0.3 is 4.74 Å². The maximum atomic E-state index is 6.45. The van der Waals surface area contributed by atoms with Gasteiger partial charge in [-0.2, -0.15) is 5.10 Å². The molecule has 0 atom stereocenters. The molecule has 0 saturated carbocycles. The van der Waals surface area contributed by atoms with Crippen LogP contribution in [-0.4, -0.2) is 21.4 Å². The van der Waals surface area contributed by atoms with E-state index in [-0.39, 0.29) is 0 Å². The van der Waals surface area contributed by atoms with Crippen LogP contribution in [0, 0.1) is 0 Å². The number of nitrogens with zero attached hydrogens (tertiary/aromatic N) is 3. The molecule has 6 heteroatoms. The Morgan fingerprint density at radius 1 is 1.04 bits per heavy atom. The summed E-state index contributed by atoms with van der Waals surface area (Å²) < 4.78 is 7.40. The Labute approximate surface area is 157 Å². The third-order valence-corrected chi connectivity index (χ3v) is 4.47. The number of unbranched alkanes of at least 4 members (excludes halogenated alkanes) is 1. The van der Waals surface area contributed by atoms with Gasteiger partial charge in [0.05, 0.1) is 16.7 Å². The Balaban J connectivity index is 1.91. The van der Waals surface area contributed by atoms with Gasteiger partial charge in [0.25, 0.3) is 0 Å². The fourth-order valence-corrected chi connectivity index (χ4v) is 2.95. The van der Waals surface area contributed by atoms with Crippen molar-refractivity contribution in [3.8, 4) is 28.5 Å². The van der Waals surface area contributed by atoms with Gasteiger partial charge in [-0.1, -0.05) is 48.7 Å². The van der Waals surface area contributed by atoms with Crippen molar-refractivity contribution in [2.75, 3.05) is 6.61 Å². The molecule has 1 heterocycles. The molecule has 1 aromatic heterocycles. The molecule has 4 nitrogen and oxygen atoms in total. The van der Waals surface area contributed by atoms with Crippen LogP contribution in [0.3, 0.4) is 0 Å². The lowest BCUT2D eigenvalue weighted by atomic mass is 10.2. The molecule has 0 aliphatic carbocycles. The lowest BCUT2D eigenvalue weighted by Gasteiger charge is -2.08. The summed E-state index contributed by atoms with van der Waals surface area (Å²) in [5.41, 5.74) is 1.60. The minimum absolute atomic E-state index is 0.572. The molecule has 3 rings (SSSR count). The van der Waals surface area contributed by atoms with Gasteiger partial charge in [0, 0.05) is 18.2 Å². The summed E-state index contributed by atoms with van der Waals surface area (Å²) in [5, 5.41) is 5.67. The van der Waals surface area contributed by atoms with Gasteiger partial charge in [-0.15, -0.1) is 0 Å². The monoisotopic (exact) mass is 375 g/mol. The molecule has 3 aromatic rings. The minimum atomic E-state index is 0.572. The third-order valence-electron chi connectivity index (χ3n) is 3.83. The van der Waals surface area contributed by atoms with Gasteiger partial charge >= 0.3 is 0 Å². The Morgan fingerprint density at radius 2 is 1.84 bits per heavy atom. The first kappa shape index (κ1) is 17.8. The van der Waals surface area contributed by atoms with Crippen molar-refractivity contribution in [2.45, 2.75) is 19.8 Å². The highest BCUT2D eigenvalue weighted by Crippen LogP contribution is 2.32. The molecule has 0 saturated heterocycles. The van der Waals surface area contributed by atoms with Crippen molar-refractivity contribution in [1.82, 2.24) is 14.8 Å². The molecule has 0 fully saturated rings.